The third kappa shape index (κ3) is 44.9. The molecule has 23 heavy (non-hydrogen) atoms. The first-order chi connectivity index (χ1) is 10.6. The third-order valence-electron chi connectivity index (χ3n) is 1.51. The van der Waals surface area contributed by atoms with E-state index in [1.807, 2.05) is 52.1 Å². The van der Waals surface area contributed by atoms with Crippen molar-refractivity contribution in [2.45, 2.75) is 26.2 Å². The molecule has 0 aliphatic heterocycles. The normalized spacial score (nSPS) is 6.91. The summed E-state index contributed by atoms with van der Waals surface area (Å²) in [6, 6.07) is 10.3. The number of rotatable bonds is 3. The van der Waals surface area contributed by atoms with Gasteiger partial charge in [-0.25, -0.2) is 0 Å². The number of carbonyl (C=O) groups is 5. The molecule has 1 aromatic carbocycles. The van der Waals surface area contributed by atoms with Gasteiger partial charge in [0, 0.05) is 21.1 Å². The van der Waals surface area contributed by atoms with Crippen LogP contribution in [0, 0.1) is 0 Å². The predicted molar refractivity (Wildman–Crippen MR) is 90.2 cm³/mol. The van der Waals surface area contributed by atoms with Crippen molar-refractivity contribution < 1.29 is 49.5 Å². The van der Waals surface area contributed by atoms with Crippen LogP contribution in [0.4, 0.5) is 0 Å². The van der Waals surface area contributed by atoms with Gasteiger partial charge in [0.2, 0.25) is 0 Å². The van der Waals surface area contributed by atoms with E-state index in [1.165, 1.54) is 5.56 Å². The van der Waals surface area contributed by atoms with E-state index in [9.17, 15) is 0 Å². The van der Waals surface area contributed by atoms with Crippen molar-refractivity contribution in [3.05, 3.63) is 35.9 Å². The standard InChI is InChI=1S/C10H16OSi.5CH2O.W/c1-12(2,3)11-9-10-7-5-4-6-8-10;5*1-2;/h4-8H,9H2,1-3H3;5*1H2;. The van der Waals surface area contributed by atoms with E-state index < -0.39 is 8.32 Å². The molecule has 0 fully saturated rings. The molecule has 1 aromatic rings. The minimum Gasteiger partial charge on any atom is -0.413 e. The van der Waals surface area contributed by atoms with Gasteiger partial charge in [-0.05, 0) is 25.2 Å². The largest absolute Gasteiger partial charge is 0.413 e. The van der Waals surface area contributed by atoms with Crippen LogP contribution in [0.1, 0.15) is 5.56 Å². The molecule has 0 aromatic heterocycles. The summed E-state index contributed by atoms with van der Waals surface area (Å²) < 4.78 is 5.75. The molecule has 1 rings (SSSR count). The molecule has 8 heteroatoms. The Balaban J connectivity index is -0.0000000565. The zero-order valence-corrected chi connectivity index (χ0v) is 17.9. The Hall–Kier alpha value is -1.56. The summed E-state index contributed by atoms with van der Waals surface area (Å²) in [7, 11) is -1.34. The van der Waals surface area contributed by atoms with Gasteiger partial charge in [-0.1, -0.05) is 30.3 Å². The Kier molecular flexibility index (Phi) is 60.5. The van der Waals surface area contributed by atoms with Gasteiger partial charge < -0.3 is 28.4 Å². The molecule has 0 amide bonds. The minimum absolute atomic E-state index is 0. The molecule has 0 bridgehead atoms. The average Bonchev–Trinajstić information content (AvgIpc) is 2.62. The Morgan fingerprint density at radius 2 is 1.04 bits per heavy atom. The molecule has 132 valence electrons. The van der Waals surface area contributed by atoms with E-state index >= 15 is 0 Å². The summed E-state index contributed by atoms with van der Waals surface area (Å²) in [5, 5.41) is 0. The monoisotopic (exact) mass is 514 g/mol. The first-order valence-electron chi connectivity index (χ1n) is 5.70. The fraction of sp³-hybridized carbons (Fsp3) is 0.267. The summed E-state index contributed by atoms with van der Waals surface area (Å²) in [6.45, 7) is 17.4. The second kappa shape index (κ2) is 37.0. The van der Waals surface area contributed by atoms with Crippen LogP contribution in [-0.2, 0) is 56.1 Å². The molecule has 0 saturated carbocycles. The average molecular weight is 514 g/mol. The van der Waals surface area contributed by atoms with Crippen LogP contribution < -0.4 is 0 Å². The molecular weight excluding hydrogens is 488 g/mol. The molecule has 0 aliphatic rings. The number of hydrogen-bond donors (Lipinski definition) is 0. The Morgan fingerprint density at radius 1 is 0.739 bits per heavy atom. The predicted octanol–water partition coefficient (Wildman–Crippen LogP) is 2.11. The van der Waals surface area contributed by atoms with Crippen LogP contribution in [0.5, 0.6) is 0 Å². The fourth-order valence-corrected chi connectivity index (χ4v) is 1.47. The van der Waals surface area contributed by atoms with Crippen LogP contribution in [0.25, 0.3) is 0 Å². The van der Waals surface area contributed by atoms with Crippen LogP contribution >= 0.6 is 0 Å². The van der Waals surface area contributed by atoms with E-state index in [0.29, 0.717) is 0 Å². The van der Waals surface area contributed by atoms with Crippen molar-refractivity contribution in [1.29, 1.82) is 0 Å². The SMILES string of the molecule is C=O.C=O.C=O.C=O.C=O.C[Si](C)(C)OCc1ccccc1.[W]. The van der Waals surface area contributed by atoms with Gasteiger partial charge in [0.05, 0.1) is 6.61 Å². The molecule has 0 radical (unpaired) electrons. The topological polar surface area (TPSA) is 94.6 Å². The van der Waals surface area contributed by atoms with Crippen molar-refractivity contribution >= 4 is 42.3 Å². The molecule has 0 unspecified atom stereocenters. The van der Waals surface area contributed by atoms with Crippen molar-refractivity contribution in [1.82, 2.24) is 0 Å². The van der Waals surface area contributed by atoms with Gasteiger partial charge >= 0.3 is 0 Å². The summed E-state index contributed by atoms with van der Waals surface area (Å²) in [5.74, 6) is 0. The van der Waals surface area contributed by atoms with Gasteiger partial charge in [-0.3, -0.25) is 0 Å². The quantitative estimate of drug-likeness (QED) is 0.574. The maximum absolute atomic E-state index is 8.00. The maximum Gasteiger partial charge on any atom is 0.184 e. The molecule has 0 atom stereocenters. The van der Waals surface area contributed by atoms with Gasteiger partial charge in [-0.15, -0.1) is 0 Å². The zero-order chi connectivity index (χ0) is 19.0. The van der Waals surface area contributed by atoms with Gasteiger partial charge in [-0.2, -0.15) is 0 Å². The van der Waals surface area contributed by atoms with Gasteiger partial charge in [0.15, 0.2) is 8.32 Å². The van der Waals surface area contributed by atoms with Crippen molar-refractivity contribution in [2.24, 2.45) is 0 Å². The van der Waals surface area contributed by atoms with Gasteiger partial charge in [0.25, 0.3) is 0 Å². The summed E-state index contributed by atoms with van der Waals surface area (Å²) in [5.41, 5.74) is 1.26. The van der Waals surface area contributed by atoms with Crippen LogP contribution in [-0.4, -0.2) is 42.3 Å². The van der Waals surface area contributed by atoms with Crippen molar-refractivity contribution in [3.8, 4) is 0 Å². The molecule has 0 N–H and O–H groups in total. The van der Waals surface area contributed by atoms with E-state index in [4.69, 9.17) is 28.4 Å². The number of hydrogen-bond acceptors (Lipinski definition) is 6. The minimum atomic E-state index is -1.34. The molecule has 0 spiro atoms. The molecule has 0 saturated heterocycles. The molecule has 0 aliphatic carbocycles. The smallest absolute Gasteiger partial charge is 0.184 e. The van der Waals surface area contributed by atoms with E-state index in [-0.39, 0.29) is 21.1 Å². The number of carbonyl (C=O) groups excluding carboxylic acids is 5. The summed E-state index contributed by atoms with van der Waals surface area (Å²) in [6.07, 6.45) is 0. The van der Waals surface area contributed by atoms with Crippen LogP contribution in [0.15, 0.2) is 30.3 Å². The van der Waals surface area contributed by atoms with Crippen LogP contribution in [0.2, 0.25) is 19.6 Å². The van der Waals surface area contributed by atoms with Crippen molar-refractivity contribution in [3.63, 3.8) is 0 Å². The van der Waals surface area contributed by atoms with Crippen LogP contribution in [0.3, 0.4) is 0 Å². The molecular formula is C15H26O6SiW. The van der Waals surface area contributed by atoms with Gasteiger partial charge in [0.1, 0.15) is 33.9 Å². The zero-order valence-electron chi connectivity index (χ0n) is 14.0. The Labute approximate surface area is 154 Å². The van der Waals surface area contributed by atoms with E-state index in [0.717, 1.165) is 6.61 Å². The van der Waals surface area contributed by atoms with Crippen molar-refractivity contribution in [2.75, 3.05) is 0 Å². The fourth-order valence-electron chi connectivity index (χ4n) is 0.874. The summed E-state index contributed by atoms with van der Waals surface area (Å²) in [4.78, 5) is 40.0. The Morgan fingerprint density at radius 3 is 1.30 bits per heavy atom. The number of benzene rings is 1. The maximum atomic E-state index is 8.00. The second-order valence-electron chi connectivity index (χ2n) is 3.89. The Bertz CT molecular complexity index is 297. The third-order valence-corrected chi connectivity index (χ3v) is 2.53. The second-order valence-corrected chi connectivity index (χ2v) is 8.40. The van der Waals surface area contributed by atoms with E-state index in [1.54, 1.807) is 0 Å². The summed E-state index contributed by atoms with van der Waals surface area (Å²) >= 11 is 0. The molecule has 0 heterocycles. The first kappa shape index (κ1) is 37.6. The van der Waals surface area contributed by atoms with E-state index in [2.05, 4.69) is 31.8 Å². The molecule has 6 nitrogen and oxygen atoms in total. The first-order valence-corrected chi connectivity index (χ1v) is 9.11.